The SMILES string of the molecule is CCCc1noc(CCC(=O)N2CCC(C)(O)C2)n1. The summed E-state index contributed by atoms with van der Waals surface area (Å²) in [4.78, 5) is 17.9. The van der Waals surface area contributed by atoms with Gasteiger partial charge in [-0.05, 0) is 19.8 Å². The molecule has 2 heterocycles. The first-order chi connectivity index (χ1) is 9.00. The lowest BCUT2D eigenvalue weighted by Gasteiger charge is -2.18. The molecule has 106 valence electrons. The van der Waals surface area contributed by atoms with Crippen molar-refractivity contribution in [2.75, 3.05) is 13.1 Å². The first-order valence-electron chi connectivity index (χ1n) is 6.82. The van der Waals surface area contributed by atoms with Crippen LogP contribution in [0.2, 0.25) is 0 Å². The van der Waals surface area contributed by atoms with Crippen molar-refractivity contribution >= 4 is 5.91 Å². The minimum atomic E-state index is -0.742. The number of rotatable bonds is 5. The topological polar surface area (TPSA) is 79.5 Å². The summed E-state index contributed by atoms with van der Waals surface area (Å²) in [5, 5.41) is 13.7. The van der Waals surface area contributed by atoms with E-state index in [-0.39, 0.29) is 5.91 Å². The molecule has 0 radical (unpaired) electrons. The van der Waals surface area contributed by atoms with E-state index in [2.05, 4.69) is 17.1 Å². The molecule has 0 bridgehead atoms. The summed E-state index contributed by atoms with van der Waals surface area (Å²) in [5.41, 5.74) is -0.742. The average Bonchev–Trinajstić information content (AvgIpc) is 2.93. The molecule has 1 aliphatic rings. The van der Waals surface area contributed by atoms with Crippen molar-refractivity contribution in [1.29, 1.82) is 0 Å². The monoisotopic (exact) mass is 267 g/mol. The lowest BCUT2D eigenvalue weighted by atomic mass is 10.1. The first kappa shape index (κ1) is 14.0. The van der Waals surface area contributed by atoms with Gasteiger partial charge in [0.1, 0.15) is 0 Å². The second-order valence-corrected chi connectivity index (χ2v) is 5.42. The summed E-state index contributed by atoms with van der Waals surface area (Å²) in [6.07, 6.45) is 3.23. The average molecular weight is 267 g/mol. The summed E-state index contributed by atoms with van der Waals surface area (Å²) in [5.74, 6) is 1.25. The first-order valence-corrected chi connectivity index (χ1v) is 6.82. The van der Waals surface area contributed by atoms with Gasteiger partial charge in [0.15, 0.2) is 5.82 Å². The Bertz CT molecular complexity index is 442. The predicted octanol–water partition coefficient (Wildman–Crippen LogP) is 0.938. The number of likely N-dealkylation sites (tertiary alicyclic amines) is 1. The van der Waals surface area contributed by atoms with Gasteiger partial charge < -0.3 is 14.5 Å². The quantitative estimate of drug-likeness (QED) is 0.858. The van der Waals surface area contributed by atoms with Crippen molar-refractivity contribution in [3.8, 4) is 0 Å². The number of aliphatic hydroxyl groups is 1. The fourth-order valence-corrected chi connectivity index (χ4v) is 2.25. The molecule has 6 heteroatoms. The second kappa shape index (κ2) is 5.69. The zero-order valence-electron chi connectivity index (χ0n) is 11.6. The maximum absolute atomic E-state index is 12.0. The third-order valence-electron chi connectivity index (χ3n) is 3.34. The van der Waals surface area contributed by atoms with Crippen LogP contribution >= 0.6 is 0 Å². The van der Waals surface area contributed by atoms with Crippen LogP contribution in [0.15, 0.2) is 4.52 Å². The lowest BCUT2D eigenvalue weighted by Crippen LogP contribution is -2.34. The number of hydrogen-bond donors (Lipinski definition) is 1. The number of carbonyl (C=O) groups excluding carboxylic acids is 1. The van der Waals surface area contributed by atoms with Gasteiger partial charge in [-0.3, -0.25) is 4.79 Å². The van der Waals surface area contributed by atoms with Gasteiger partial charge in [-0.1, -0.05) is 12.1 Å². The standard InChI is InChI=1S/C13H21N3O3/c1-3-4-10-14-11(19-15-10)5-6-12(17)16-8-7-13(2,18)9-16/h18H,3-9H2,1-2H3. The number of β-amino-alcohol motifs (C(OH)–C–C–N with tert-alkyl or cyclic N) is 1. The Morgan fingerprint density at radius 3 is 2.95 bits per heavy atom. The van der Waals surface area contributed by atoms with Crippen molar-refractivity contribution in [2.24, 2.45) is 0 Å². The fourth-order valence-electron chi connectivity index (χ4n) is 2.25. The number of carbonyl (C=O) groups is 1. The van der Waals surface area contributed by atoms with Crippen LogP contribution in [0.4, 0.5) is 0 Å². The van der Waals surface area contributed by atoms with Gasteiger partial charge in [-0.15, -0.1) is 0 Å². The van der Waals surface area contributed by atoms with Crippen LogP contribution in [0.3, 0.4) is 0 Å². The van der Waals surface area contributed by atoms with E-state index >= 15 is 0 Å². The minimum absolute atomic E-state index is 0.0352. The second-order valence-electron chi connectivity index (χ2n) is 5.42. The number of nitrogens with zero attached hydrogens (tertiary/aromatic N) is 3. The Kier molecular flexibility index (Phi) is 4.19. The highest BCUT2D eigenvalue weighted by atomic mass is 16.5. The van der Waals surface area contributed by atoms with Gasteiger partial charge in [0.2, 0.25) is 11.8 Å². The Morgan fingerprint density at radius 2 is 2.32 bits per heavy atom. The molecule has 1 amide bonds. The molecule has 19 heavy (non-hydrogen) atoms. The molecule has 0 spiro atoms. The van der Waals surface area contributed by atoms with E-state index in [4.69, 9.17) is 4.52 Å². The highest BCUT2D eigenvalue weighted by Gasteiger charge is 2.33. The van der Waals surface area contributed by atoms with E-state index < -0.39 is 5.60 Å². The summed E-state index contributed by atoms with van der Waals surface area (Å²) in [6.45, 7) is 4.85. The van der Waals surface area contributed by atoms with E-state index in [0.29, 0.717) is 44.1 Å². The molecule has 1 N–H and O–H groups in total. The van der Waals surface area contributed by atoms with E-state index in [0.717, 1.165) is 12.8 Å². The van der Waals surface area contributed by atoms with Crippen LogP contribution in [0.1, 0.15) is 44.8 Å². The molecule has 1 atom stereocenters. The molecule has 1 unspecified atom stereocenters. The predicted molar refractivity (Wildman–Crippen MR) is 68.4 cm³/mol. The van der Waals surface area contributed by atoms with Crippen LogP contribution < -0.4 is 0 Å². The van der Waals surface area contributed by atoms with Gasteiger partial charge in [-0.25, -0.2) is 0 Å². The van der Waals surface area contributed by atoms with Crippen molar-refractivity contribution in [3.63, 3.8) is 0 Å². The molecule has 0 aliphatic carbocycles. The molecule has 2 rings (SSSR count). The van der Waals surface area contributed by atoms with Gasteiger partial charge in [-0.2, -0.15) is 4.98 Å². The van der Waals surface area contributed by atoms with E-state index in [1.165, 1.54) is 0 Å². The summed E-state index contributed by atoms with van der Waals surface area (Å²) >= 11 is 0. The number of aryl methyl sites for hydroxylation is 2. The minimum Gasteiger partial charge on any atom is -0.388 e. The van der Waals surface area contributed by atoms with Crippen LogP contribution in [0.25, 0.3) is 0 Å². The molecule has 1 aromatic heterocycles. The third kappa shape index (κ3) is 3.76. The zero-order chi connectivity index (χ0) is 13.9. The van der Waals surface area contributed by atoms with E-state index in [1.807, 2.05) is 0 Å². The van der Waals surface area contributed by atoms with E-state index in [1.54, 1.807) is 11.8 Å². The maximum Gasteiger partial charge on any atom is 0.227 e. The molecular formula is C13H21N3O3. The van der Waals surface area contributed by atoms with Gasteiger partial charge in [0, 0.05) is 32.4 Å². The Morgan fingerprint density at radius 1 is 1.53 bits per heavy atom. The van der Waals surface area contributed by atoms with Crippen LogP contribution in [-0.2, 0) is 17.6 Å². The normalized spacial score (nSPS) is 23.0. The lowest BCUT2D eigenvalue weighted by molar-refractivity contribution is -0.131. The summed E-state index contributed by atoms with van der Waals surface area (Å²) in [6, 6.07) is 0. The molecule has 1 saturated heterocycles. The zero-order valence-corrected chi connectivity index (χ0v) is 11.6. The number of amides is 1. The van der Waals surface area contributed by atoms with Gasteiger partial charge in [0.05, 0.1) is 5.60 Å². The smallest absolute Gasteiger partial charge is 0.227 e. The number of aromatic nitrogens is 2. The molecule has 1 aromatic rings. The molecule has 0 aromatic carbocycles. The maximum atomic E-state index is 12.0. The fraction of sp³-hybridized carbons (Fsp3) is 0.769. The highest BCUT2D eigenvalue weighted by molar-refractivity contribution is 5.76. The highest BCUT2D eigenvalue weighted by Crippen LogP contribution is 2.21. The molecular weight excluding hydrogens is 246 g/mol. The Balaban J connectivity index is 1.80. The van der Waals surface area contributed by atoms with Crippen molar-refractivity contribution in [1.82, 2.24) is 15.0 Å². The van der Waals surface area contributed by atoms with Crippen molar-refractivity contribution < 1.29 is 14.4 Å². The Labute approximate surface area is 112 Å². The molecule has 1 fully saturated rings. The molecule has 0 saturated carbocycles. The van der Waals surface area contributed by atoms with E-state index in [9.17, 15) is 9.90 Å². The van der Waals surface area contributed by atoms with Crippen molar-refractivity contribution in [2.45, 2.75) is 51.6 Å². The largest absolute Gasteiger partial charge is 0.388 e. The van der Waals surface area contributed by atoms with Gasteiger partial charge in [0.25, 0.3) is 0 Å². The molecule has 1 aliphatic heterocycles. The summed E-state index contributed by atoms with van der Waals surface area (Å²) in [7, 11) is 0. The van der Waals surface area contributed by atoms with Gasteiger partial charge >= 0.3 is 0 Å². The van der Waals surface area contributed by atoms with Crippen LogP contribution in [0.5, 0.6) is 0 Å². The summed E-state index contributed by atoms with van der Waals surface area (Å²) < 4.78 is 5.09. The third-order valence-corrected chi connectivity index (χ3v) is 3.34. The van der Waals surface area contributed by atoms with Crippen molar-refractivity contribution in [3.05, 3.63) is 11.7 Å². The Hall–Kier alpha value is -1.43. The van der Waals surface area contributed by atoms with Crippen LogP contribution in [-0.4, -0.2) is 44.7 Å². The van der Waals surface area contributed by atoms with Crippen LogP contribution in [0, 0.1) is 0 Å². The molecule has 6 nitrogen and oxygen atoms in total. The number of hydrogen-bond acceptors (Lipinski definition) is 5.